The Bertz CT molecular complexity index is 449. The highest BCUT2D eigenvalue weighted by Gasteiger charge is 2.57. The molecule has 18 heavy (non-hydrogen) atoms. The second kappa shape index (κ2) is 4.35. The highest BCUT2D eigenvalue weighted by Crippen LogP contribution is 2.58. The molecule has 98 valence electrons. The molecule has 1 aliphatic carbocycles. The van der Waals surface area contributed by atoms with E-state index in [1.54, 1.807) is 11.0 Å². The summed E-state index contributed by atoms with van der Waals surface area (Å²) in [6.07, 6.45) is 4.96. The van der Waals surface area contributed by atoms with Crippen LogP contribution in [-0.4, -0.2) is 33.8 Å². The molecule has 3 rings (SSSR count). The second-order valence-corrected chi connectivity index (χ2v) is 5.42. The van der Waals surface area contributed by atoms with Crippen molar-refractivity contribution in [2.75, 3.05) is 13.1 Å². The number of aryl methyl sites for hydroxylation is 1. The van der Waals surface area contributed by atoms with Crippen molar-refractivity contribution in [2.45, 2.75) is 25.8 Å². The molecule has 1 aromatic rings. The molecule has 2 heterocycles. The number of nitrogens with zero attached hydrogens (tertiary/aromatic N) is 3. The molecule has 6 heteroatoms. The van der Waals surface area contributed by atoms with Gasteiger partial charge in [-0.1, -0.05) is 0 Å². The zero-order valence-corrected chi connectivity index (χ0v) is 10.6. The van der Waals surface area contributed by atoms with Crippen LogP contribution in [0, 0.1) is 11.3 Å². The molecule has 2 fully saturated rings. The molecule has 1 aliphatic heterocycles. The summed E-state index contributed by atoms with van der Waals surface area (Å²) in [6, 6.07) is 0. The van der Waals surface area contributed by atoms with Crippen molar-refractivity contribution < 1.29 is 4.79 Å². The van der Waals surface area contributed by atoms with Crippen LogP contribution >= 0.6 is 0 Å². The summed E-state index contributed by atoms with van der Waals surface area (Å²) < 4.78 is 1.65. The van der Waals surface area contributed by atoms with Gasteiger partial charge in [0.25, 0.3) is 0 Å². The first-order valence-electron chi connectivity index (χ1n) is 6.53. The summed E-state index contributed by atoms with van der Waals surface area (Å²) in [5, 5.41) is 10.4. The fourth-order valence-electron chi connectivity index (χ4n) is 2.95. The molecule has 1 spiro atoms. The van der Waals surface area contributed by atoms with Gasteiger partial charge < -0.3 is 10.6 Å². The van der Waals surface area contributed by atoms with E-state index in [1.165, 1.54) is 0 Å². The van der Waals surface area contributed by atoms with E-state index in [0.29, 0.717) is 17.8 Å². The van der Waals surface area contributed by atoms with E-state index in [-0.39, 0.29) is 11.8 Å². The average molecular weight is 249 g/mol. The Morgan fingerprint density at radius 3 is 3.06 bits per heavy atom. The maximum atomic E-state index is 12.1. The molecule has 0 aromatic carbocycles. The highest BCUT2D eigenvalue weighted by molar-refractivity contribution is 5.82. The largest absolute Gasteiger partial charge is 0.348 e. The van der Waals surface area contributed by atoms with Crippen molar-refractivity contribution in [3.8, 4) is 0 Å². The monoisotopic (exact) mass is 249 g/mol. The van der Waals surface area contributed by atoms with Crippen LogP contribution in [0.3, 0.4) is 0 Å². The molecule has 1 amide bonds. The minimum atomic E-state index is 0.171. The lowest BCUT2D eigenvalue weighted by atomic mass is 9.92. The van der Waals surface area contributed by atoms with Crippen LogP contribution in [0.4, 0.5) is 0 Å². The third kappa shape index (κ3) is 2.12. The number of nitrogens with one attached hydrogen (secondary N) is 2. The van der Waals surface area contributed by atoms with E-state index in [4.69, 9.17) is 0 Å². The standard InChI is InChI=1S/C12H19N5O/c1-17-8-15-10(16-17)7-14-11(18)9-6-12(9)2-4-13-5-3-12/h8-9,13H,2-7H2,1H3,(H,14,18). The number of aromatic nitrogens is 3. The summed E-state index contributed by atoms with van der Waals surface area (Å²) in [4.78, 5) is 16.2. The van der Waals surface area contributed by atoms with Crippen LogP contribution in [0.5, 0.6) is 0 Å². The molecule has 2 aliphatic rings. The summed E-state index contributed by atoms with van der Waals surface area (Å²) in [7, 11) is 1.82. The lowest BCUT2D eigenvalue weighted by molar-refractivity contribution is -0.123. The van der Waals surface area contributed by atoms with Crippen LogP contribution in [-0.2, 0) is 18.4 Å². The van der Waals surface area contributed by atoms with E-state index in [1.807, 2.05) is 7.05 Å². The van der Waals surface area contributed by atoms with E-state index < -0.39 is 0 Å². The van der Waals surface area contributed by atoms with Crippen LogP contribution in [0.25, 0.3) is 0 Å². The number of carbonyl (C=O) groups is 1. The van der Waals surface area contributed by atoms with Gasteiger partial charge in [0.2, 0.25) is 5.91 Å². The van der Waals surface area contributed by atoms with Gasteiger partial charge in [-0.2, -0.15) is 5.10 Å². The van der Waals surface area contributed by atoms with E-state index >= 15 is 0 Å². The Labute approximate surface area is 106 Å². The maximum Gasteiger partial charge on any atom is 0.224 e. The van der Waals surface area contributed by atoms with Gasteiger partial charge >= 0.3 is 0 Å². The molecular formula is C12H19N5O. The summed E-state index contributed by atoms with van der Waals surface area (Å²) in [5.41, 5.74) is 0.298. The van der Waals surface area contributed by atoms with Crippen molar-refractivity contribution in [2.24, 2.45) is 18.4 Å². The Kier molecular flexibility index (Phi) is 2.81. The molecule has 1 saturated heterocycles. The minimum absolute atomic E-state index is 0.171. The Morgan fingerprint density at radius 1 is 1.61 bits per heavy atom. The minimum Gasteiger partial charge on any atom is -0.348 e. The third-order valence-corrected chi connectivity index (χ3v) is 4.17. The number of piperidine rings is 1. The first-order valence-corrected chi connectivity index (χ1v) is 6.53. The highest BCUT2D eigenvalue weighted by atomic mass is 16.2. The summed E-state index contributed by atoms with van der Waals surface area (Å²) in [6.45, 7) is 2.53. The van der Waals surface area contributed by atoms with Gasteiger partial charge in [-0.3, -0.25) is 9.48 Å². The quantitative estimate of drug-likeness (QED) is 0.779. The number of hydrogen-bond donors (Lipinski definition) is 2. The average Bonchev–Trinajstić information content (AvgIpc) is 2.89. The van der Waals surface area contributed by atoms with Gasteiger partial charge in [0, 0.05) is 13.0 Å². The zero-order valence-electron chi connectivity index (χ0n) is 10.6. The first kappa shape index (κ1) is 11.6. The molecule has 2 N–H and O–H groups in total. The molecule has 0 radical (unpaired) electrons. The Morgan fingerprint density at radius 2 is 2.39 bits per heavy atom. The second-order valence-electron chi connectivity index (χ2n) is 5.42. The summed E-state index contributed by atoms with van der Waals surface area (Å²) >= 11 is 0. The molecule has 1 unspecified atom stereocenters. The SMILES string of the molecule is Cn1cnc(CNC(=O)C2CC23CCNCC3)n1. The van der Waals surface area contributed by atoms with Gasteiger partial charge in [-0.05, 0) is 37.8 Å². The van der Waals surface area contributed by atoms with Crippen LogP contribution in [0.15, 0.2) is 6.33 Å². The molecule has 6 nitrogen and oxygen atoms in total. The Balaban J connectivity index is 1.51. The van der Waals surface area contributed by atoms with Gasteiger partial charge in [0.05, 0.1) is 6.54 Å². The number of amides is 1. The van der Waals surface area contributed by atoms with Gasteiger partial charge in [0.15, 0.2) is 5.82 Å². The Hall–Kier alpha value is -1.43. The third-order valence-electron chi connectivity index (χ3n) is 4.17. The lowest BCUT2D eigenvalue weighted by Gasteiger charge is -2.23. The fourth-order valence-corrected chi connectivity index (χ4v) is 2.95. The van der Waals surface area contributed by atoms with Gasteiger partial charge in [-0.25, -0.2) is 4.98 Å². The number of carbonyl (C=O) groups excluding carboxylic acids is 1. The number of rotatable bonds is 3. The zero-order chi connectivity index (χ0) is 12.6. The molecule has 1 aromatic heterocycles. The fraction of sp³-hybridized carbons (Fsp3) is 0.750. The van der Waals surface area contributed by atoms with E-state index in [2.05, 4.69) is 20.7 Å². The maximum absolute atomic E-state index is 12.1. The van der Waals surface area contributed by atoms with Crippen molar-refractivity contribution >= 4 is 5.91 Å². The van der Waals surface area contributed by atoms with Crippen molar-refractivity contribution in [1.82, 2.24) is 25.4 Å². The van der Waals surface area contributed by atoms with E-state index in [9.17, 15) is 4.79 Å². The van der Waals surface area contributed by atoms with Crippen molar-refractivity contribution in [1.29, 1.82) is 0 Å². The van der Waals surface area contributed by atoms with Gasteiger partial charge in [-0.15, -0.1) is 0 Å². The van der Waals surface area contributed by atoms with Crippen molar-refractivity contribution in [3.63, 3.8) is 0 Å². The molecule has 1 saturated carbocycles. The predicted molar refractivity (Wildman–Crippen MR) is 65.5 cm³/mol. The molecule has 0 bridgehead atoms. The normalized spacial score (nSPS) is 25.1. The van der Waals surface area contributed by atoms with Crippen molar-refractivity contribution in [3.05, 3.63) is 12.2 Å². The smallest absolute Gasteiger partial charge is 0.224 e. The lowest BCUT2D eigenvalue weighted by Crippen LogP contribution is -2.33. The van der Waals surface area contributed by atoms with E-state index in [0.717, 1.165) is 32.4 Å². The van der Waals surface area contributed by atoms with Gasteiger partial charge in [0.1, 0.15) is 6.33 Å². The predicted octanol–water partition coefficient (Wildman–Crippen LogP) is -0.179. The van der Waals surface area contributed by atoms with Crippen LogP contribution in [0.1, 0.15) is 25.1 Å². The van der Waals surface area contributed by atoms with Crippen LogP contribution in [0.2, 0.25) is 0 Å². The summed E-state index contributed by atoms with van der Waals surface area (Å²) in [5.74, 6) is 1.05. The first-order chi connectivity index (χ1) is 8.70. The van der Waals surface area contributed by atoms with Crippen LogP contribution < -0.4 is 10.6 Å². The topological polar surface area (TPSA) is 71.8 Å². The molecule has 1 atom stereocenters. The molecular weight excluding hydrogens is 230 g/mol. The number of hydrogen-bond acceptors (Lipinski definition) is 4.